The topological polar surface area (TPSA) is 37.3 Å². The van der Waals surface area contributed by atoms with Crippen LogP contribution >= 0.6 is 0 Å². The number of hydrogen-bond donors (Lipinski definition) is 1. The van der Waals surface area contributed by atoms with Crippen LogP contribution in [0.3, 0.4) is 0 Å². The van der Waals surface area contributed by atoms with Crippen LogP contribution in [0.25, 0.3) is 0 Å². The molecule has 0 saturated heterocycles. The zero-order chi connectivity index (χ0) is 6.57. The van der Waals surface area contributed by atoms with Crippen LogP contribution in [0.5, 0.6) is 0 Å². The minimum absolute atomic E-state index is 0.0970. The summed E-state index contributed by atoms with van der Waals surface area (Å²) in [6.45, 7) is 4.55. The fourth-order valence-electron chi connectivity index (χ4n) is 0.214. The first-order valence-electron chi connectivity index (χ1n) is 2.19. The van der Waals surface area contributed by atoms with Crippen LogP contribution in [-0.4, -0.2) is 10.9 Å². The minimum atomic E-state index is -0.0970. The van der Waals surface area contributed by atoms with Crippen molar-refractivity contribution >= 4 is 5.78 Å². The molecule has 1 N–H and O–H groups in total. The van der Waals surface area contributed by atoms with Gasteiger partial charge in [-0.3, -0.25) is 4.79 Å². The zero-order valence-corrected chi connectivity index (χ0v) is 4.72. The number of allylic oxidation sites excluding steroid dienone is 2. The van der Waals surface area contributed by atoms with E-state index < -0.39 is 0 Å². The van der Waals surface area contributed by atoms with E-state index in [-0.39, 0.29) is 11.5 Å². The summed E-state index contributed by atoms with van der Waals surface area (Å²) < 4.78 is 0. The molecule has 2 heteroatoms. The number of aliphatic hydroxyl groups is 1. The molecule has 8 heavy (non-hydrogen) atoms. The number of hydrogen-bond acceptors (Lipinski definition) is 2. The van der Waals surface area contributed by atoms with E-state index in [1.165, 1.54) is 19.1 Å². The van der Waals surface area contributed by atoms with Crippen molar-refractivity contribution in [2.45, 2.75) is 6.92 Å². The average Bonchev–Trinajstić information content (AvgIpc) is 1.61. The van der Waals surface area contributed by atoms with E-state index in [9.17, 15) is 4.79 Å². The Morgan fingerprint density at radius 3 is 2.25 bits per heavy atom. The Labute approximate surface area is 48.1 Å². The molecule has 0 radical (unpaired) electrons. The van der Waals surface area contributed by atoms with Crippen molar-refractivity contribution in [3.8, 4) is 0 Å². The van der Waals surface area contributed by atoms with E-state index in [1.807, 2.05) is 0 Å². The van der Waals surface area contributed by atoms with Gasteiger partial charge in [-0.25, -0.2) is 0 Å². The van der Waals surface area contributed by atoms with Crippen molar-refractivity contribution in [3.05, 3.63) is 24.5 Å². The summed E-state index contributed by atoms with van der Waals surface area (Å²) >= 11 is 0. The lowest BCUT2D eigenvalue weighted by atomic mass is 10.4. The predicted molar refractivity (Wildman–Crippen MR) is 31.6 cm³/mol. The van der Waals surface area contributed by atoms with Gasteiger partial charge in [-0.05, 0) is 19.1 Å². The second kappa shape index (κ2) is 3.02. The highest BCUT2D eigenvalue weighted by Gasteiger charge is 1.80. The lowest BCUT2D eigenvalue weighted by Crippen LogP contribution is -1.79. The number of carbonyl (C=O) groups excluding carboxylic acids is 1. The molecule has 0 atom stereocenters. The quantitative estimate of drug-likeness (QED) is 0.331. The van der Waals surface area contributed by atoms with Crippen molar-refractivity contribution in [1.29, 1.82) is 0 Å². The Balaban J connectivity index is 3.67. The monoisotopic (exact) mass is 112 g/mol. The first-order valence-corrected chi connectivity index (χ1v) is 2.19. The van der Waals surface area contributed by atoms with Crippen LogP contribution in [0, 0.1) is 0 Å². The van der Waals surface area contributed by atoms with Gasteiger partial charge in [0.25, 0.3) is 0 Å². The van der Waals surface area contributed by atoms with E-state index in [0.29, 0.717) is 0 Å². The Kier molecular flexibility index (Phi) is 2.62. The maximum absolute atomic E-state index is 10.1. The Hall–Kier alpha value is -1.05. The third-order valence-electron chi connectivity index (χ3n) is 0.510. The number of ketones is 1. The average molecular weight is 112 g/mol. The smallest absolute Gasteiger partial charge is 0.152 e. The molecule has 0 aliphatic heterocycles. The van der Waals surface area contributed by atoms with Gasteiger partial charge in [0.2, 0.25) is 0 Å². The number of carbonyl (C=O) groups is 1. The summed E-state index contributed by atoms with van der Waals surface area (Å²) in [6.07, 6.45) is 2.50. The molecule has 2 nitrogen and oxygen atoms in total. The second-order valence-corrected chi connectivity index (χ2v) is 1.44. The van der Waals surface area contributed by atoms with Gasteiger partial charge in [-0.1, -0.05) is 6.58 Å². The SMILES string of the molecule is C=C(O)C=CC(C)=O. The standard InChI is InChI=1S/C6H8O2/c1-5(7)3-4-6(2)8/h3-4,7H,1H2,2H3. The molecule has 0 rings (SSSR count). The molecule has 0 aliphatic carbocycles. The van der Waals surface area contributed by atoms with Crippen molar-refractivity contribution in [3.63, 3.8) is 0 Å². The Morgan fingerprint density at radius 2 is 2.12 bits per heavy atom. The van der Waals surface area contributed by atoms with Crippen molar-refractivity contribution in [2.75, 3.05) is 0 Å². The summed E-state index contributed by atoms with van der Waals surface area (Å²) in [5.41, 5.74) is 0. The first-order chi connectivity index (χ1) is 3.63. The molecule has 0 fully saturated rings. The lowest BCUT2D eigenvalue weighted by molar-refractivity contribution is -0.112. The lowest BCUT2D eigenvalue weighted by Gasteiger charge is -1.80. The van der Waals surface area contributed by atoms with E-state index >= 15 is 0 Å². The normalized spacial score (nSPS) is 9.62. The van der Waals surface area contributed by atoms with Crippen molar-refractivity contribution in [2.24, 2.45) is 0 Å². The maximum atomic E-state index is 10.1. The highest BCUT2D eigenvalue weighted by atomic mass is 16.3. The molecule has 0 saturated carbocycles. The molecule has 0 bridgehead atoms. The molecule has 44 valence electrons. The highest BCUT2D eigenvalue weighted by Crippen LogP contribution is 1.83. The van der Waals surface area contributed by atoms with Gasteiger partial charge in [-0.15, -0.1) is 0 Å². The molecule has 0 aromatic carbocycles. The minimum Gasteiger partial charge on any atom is -0.509 e. The third kappa shape index (κ3) is 4.95. The summed E-state index contributed by atoms with van der Waals surface area (Å²) in [7, 11) is 0. The maximum Gasteiger partial charge on any atom is 0.152 e. The fraction of sp³-hybridized carbons (Fsp3) is 0.167. The largest absolute Gasteiger partial charge is 0.509 e. The molecule has 0 spiro atoms. The molecule has 0 aromatic heterocycles. The third-order valence-corrected chi connectivity index (χ3v) is 0.510. The van der Waals surface area contributed by atoms with Crippen LogP contribution in [0.15, 0.2) is 24.5 Å². The van der Waals surface area contributed by atoms with Gasteiger partial charge in [0.1, 0.15) is 5.76 Å². The van der Waals surface area contributed by atoms with Gasteiger partial charge < -0.3 is 5.11 Å². The summed E-state index contributed by atoms with van der Waals surface area (Å²) in [6, 6.07) is 0. The predicted octanol–water partition coefficient (Wildman–Crippen LogP) is 1.20. The Bertz CT molecular complexity index is 117. The van der Waals surface area contributed by atoms with Crippen molar-refractivity contribution < 1.29 is 9.90 Å². The summed E-state index contributed by atoms with van der Waals surface area (Å²) in [5.74, 6) is -0.194. The van der Waals surface area contributed by atoms with E-state index in [4.69, 9.17) is 5.11 Å². The summed E-state index contributed by atoms with van der Waals surface area (Å²) in [4.78, 5) is 10.1. The number of aliphatic hydroxyl groups excluding tert-OH is 1. The van der Waals surface area contributed by atoms with Gasteiger partial charge in [0.15, 0.2) is 5.78 Å². The van der Waals surface area contributed by atoms with Crippen LogP contribution in [0.1, 0.15) is 6.92 Å². The zero-order valence-electron chi connectivity index (χ0n) is 4.72. The van der Waals surface area contributed by atoms with Gasteiger partial charge in [0, 0.05) is 0 Å². The molecular formula is C6H8O2. The molecule has 0 aromatic rings. The van der Waals surface area contributed by atoms with Crippen LogP contribution in [0.4, 0.5) is 0 Å². The van der Waals surface area contributed by atoms with Gasteiger partial charge in [0.05, 0.1) is 0 Å². The summed E-state index contributed by atoms with van der Waals surface area (Å²) in [5, 5.41) is 8.37. The van der Waals surface area contributed by atoms with Gasteiger partial charge in [-0.2, -0.15) is 0 Å². The van der Waals surface area contributed by atoms with Crippen molar-refractivity contribution in [1.82, 2.24) is 0 Å². The van der Waals surface area contributed by atoms with Crippen LogP contribution in [0.2, 0.25) is 0 Å². The molecule has 0 unspecified atom stereocenters. The van der Waals surface area contributed by atoms with Crippen LogP contribution in [-0.2, 0) is 4.79 Å². The highest BCUT2D eigenvalue weighted by molar-refractivity contribution is 5.87. The van der Waals surface area contributed by atoms with E-state index in [1.54, 1.807) is 0 Å². The molecule has 0 heterocycles. The molecular weight excluding hydrogens is 104 g/mol. The Morgan fingerprint density at radius 1 is 1.62 bits per heavy atom. The fourth-order valence-corrected chi connectivity index (χ4v) is 0.214. The van der Waals surface area contributed by atoms with Gasteiger partial charge >= 0.3 is 0 Å². The second-order valence-electron chi connectivity index (χ2n) is 1.44. The van der Waals surface area contributed by atoms with E-state index in [2.05, 4.69) is 6.58 Å². The first kappa shape index (κ1) is 6.95. The molecule has 0 amide bonds. The van der Waals surface area contributed by atoms with E-state index in [0.717, 1.165) is 0 Å². The molecule has 0 aliphatic rings. The number of rotatable bonds is 2. The van der Waals surface area contributed by atoms with Crippen LogP contribution < -0.4 is 0 Å².